The molecule has 120 valence electrons. The molecule has 1 amide bonds. The Kier molecular flexibility index (Phi) is 4.93. The molecule has 1 aromatic rings. The first-order chi connectivity index (χ1) is 10.8. The topological polar surface area (TPSA) is 45.7 Å². The summed E-state index contributed by atoms with van der Waals surface area (Å²) in [6.07, 6.45) is 6.46. The minimum Gasteiger partial charge on any atom is -0.381 e. The maximum Gasteiger partial charge on any atom is 0.257 e. The summed E-state index contributed by atoms with van der Waals surface area (Å²) in [5.41, 5.74) is 0.728. The fraction of sp³-hybridized carbons (Fsp3) is 0.647. The number of ether oxygens (including phenoxy) is 1. The first-order valence-electron chi connectivity index (χ1n) is 8.29. The molecule has 1 atom stereocenters. The molecule has 2 aliphatic heterocycles. The summed E-state index contributed by atoms with van der Waals surface area (Å²) in [7, 11) is 1.88. The Morgan fingerprint density at radius 2 is 2.23 bits per heavy atom. The van der Waals surface area contributed by atoms with Crippen LogP contribution < -0.4 is 4.90 Å². The fourth-order valence-electron chi connectivity index (χ4n) is 3.32. The number of aromatic nitrogens is 1. The smallest absolute Gasteiger partial charge is 0.257 e. The molecular weight excluding hydrogens is 278 g/mol. The molecule has 1 aromatic heterocycles. The summed E-state index contributed by atoms with van der Waals surface area (Å²) in [4.78, 5) is 21.4. The Hall–Kier alpha value is -1.62. The number of amides is 1. The van der Waals surface area contributed by atoms with Crippen molar-refractivity contribution in [3.05, 3.63) is 23.9 Å². The van der Waals surface area contributed by atoms with E-state index in [0.717, 1.165) is 50.7 Å². The zero-order valence-electron chi connectivity index (χ0n) is 13.3. The van der Waals surface area contributed by atoms with Gasteiger partial charge >= 0.3 is 0 Å². The lowest BCUT2D eigenvalue weighted by Crippen LogP contribution is -2.36. The lowest BCUT2D eigenvalue weighted by Gasteiger charge is -2.30. The second kappa shape index (κ2) is 7.09. The third kappa shape index (κ3) is 3.40. The number of hydrogen-bond acceptors (Lipinski definition) is 4. The number of carbonyl (C=O) groups excluding carboxylic acids is 1. The minimum atomic E-state index is 0.0700. The molecule has 1 unspecified atom stereocenters. The van der Waals surface area contributed by atoms with Crippen LogP contribution in [0.1, 0.15) is 36.0 Å². The average Bonchev–Trinajstić information content (AvgIpc) is 3.08. The van der Waals surface area contributed by atoms with E-state index in [1.807, 2.05) is 24.1 Å². The molecule has 0 spiro atoms. The highest BCUT2D eigenvalue weighted by atomic mass is 16.5. The molecule has 5 nitrogen and oxygen atoms in total. The van der Waals surface area contributed by atoms with Gasteiger partial charge in [0.05, 0.1) is 12.2 Å². The normalized spacial score (nSPS) is 21.9. The van der Waals surface area contributed by atoms with E-state index >= 15 is 0 Å². The van der Waals surface area contributed by atoms with Crippen molar-refractivity contribution in [2.24, 2.45) is 5.92 Å². The molecule has 5 heteroatoms. The van der Waals surface area contributed by atoms with Gasteiger partial charge in [-0.2, -0.15) is 0 Å². The van der Waals surface area contributed by atoms with E-state index in [-0.39, 0.29) is 5.91 Å². The molecule has 3 heterocycles. The predicted octanol–water partition coefficient (Wildman–Crippen LogP) is 2.18. The number of nitrogens with zero attached hydrogens (tertiary/aromatic N) is 3. The van der Waals surface area contributed by atoms with Crippen molar-refractivity contribution in [2.45, 2.75) is 25.7 Å². The summed E-state index contributed by atoms with van der Waals surface area (Å²) < 4.78 is 5.40. The van der Waals surface area contributed by atoms with Gasteiger partial charge in [-0.1, -0.05) is 0 Å². The molecule has 0 aliphatic carbocycles. The van der Waals surface area contributed by atoms with Crippen molar-refractivity contribution >= 4 is 11.7 Å². The van der Waals surface area contributed by atoms with Crippen LogP contribution in [0.3, 0.4) is 0 Å². The van der Waals surface area contributed by atoms with Gasteiger partial charge in [0.2, 0.25) is 0 Å². The first kappa shape index (κ1) is 15.3. The molecule has 0 saturated carbocycles. The van der Waals surface area contributed by atoms with Crippen molar-refractivity contribution in [3.8, 4) is 0 Å². The van der Waals surface area contributed by atoms with E-state index in [1.165, 1.54) is 19.3 Å². The zero-order valence-corrected chi connectivity index (χ0v) is 13.3. The molecule has 0 radical (unpaired) electrons. The van der Waals surface area contributed by atoms with Gasteiger partial charge in [0.1, 0.15) is 5.82 Å². The lowest BCUT2D eigenvalue weighted by molar-refractivity contribution is 0.0766. The summed E-state index contributed by atoms with van der Waals surface area (Å²) in [5.74, 6) is 1.38. The van der Waals surface area contributed by atoms with Gasteiger partial charge in [-0.25, -0.2) is 4.98 Å². The van der Waals surface area contributed by atoms with Crippen molar-refractivity contribution in [3.63, 3.8) is 0 Å². The summed E-state index contributed by atoms with van der Waals surface area (Å²) in [6.45, 7) is 4.34. The van der Waals surface area contributed by atoms with Crippen LogP contribution in [0.2, 0.25) is 0 Å². The van der Waals surface area contributed by atoms with Crippen molar-refractivity contribution in [1.29, 1.82) is 0 Å². The van der Waals surface area contributed by atoms with Gasteiger partial charge in [0.25, 0.3) is 5.91 Å². The van der Waals surface area contributed by atoms with E-state index in [9.17, 15) is 4.79 Å². The van der Waals surface area contributed by atoms with Gasteiger partial charge in [-0.15, -0.1) is 0 Å². The van der Waals surface area contributed by atoms with Crippen LogP contribution in [0.15, 0.2) is 18.3 Å². The second-order valence-corrected chi connectivity index (χ2v) is 6.34. The number of pyridine rings is 1. The standard InChI is InChI=1S/C17H25N3O2/c1-19(12-14-7-11-22-13-14)17(21)15-6-5-8-18-16(15)20-9-3-2-4-10-20/h5-6,8,14H,2-4,7,9-13H2,1H3. The molecule has 0 aromatic carbocycles. The van der Waals surface area contributed by atoms with Crippen LogP contribution in [-0.2, 0) is 4.74 Å². The van der Waals surface area contributed by atoms with Crippen molar-refractivity contribution in [2.75, 3.05) is 44.8 Å². The van der Waals surface area contributed by atoms with E-state index in [1.54, 1.807) is 6.20 Å². The maximum absolute atomic E-state index is 12.8. The van der Waals surface area contributed by atoms with Crippen molar-refractivity contribution < 1.29 is 9.53 Å². The van der Waals surface area contributed by atoms with Crippen LogP contribution in [0.25, 0.3) is 0 Å². The Morgan fingerprint density at radius 1 is 1.41 bits per heavy atom. The van der Waals surface area contributed by atoms with Gasteiger partial charge in [-0.05, 0) is 37.8 Å². The Morgan fingerprint density at radius 3 is 2.95 bits per heavy atom. The van der Waals surface area contributed by atoms with E-state index < -0.39 is 0 Å². The van der Waals surface area contributed by atoms with Gasteiger partial charge in [0, 0.05) is 45.4 Å². The number of piperidine rings is 1. The maximum atomic E-state index is 12.8. The molecule has 2 fully saturated rings. The molecular formula is C17H25N3O2. The molecule has 2 saturated heterocycles. The minimum absolute atomic E-state index is 0.0700. The zero-order chi connectivity index (χ0) is 15.4. The number of anilines is 1. The lowest BCUT2D eigenvalue weighted by atomic mass is 10.1. The van der Waals surface area contributed by atoms with E-state index in [2.05, 4.69) is 9.88 Å². The number of hydrogen-bond donors (Lipinski definition) is 0. The molecule has 0 bridgehead atoms. The van der Waals surface area contributed by atoms with Gasteiger partial charge in [0.15, 0.2) is 0 Å². The average molecular weight is 303 g/mol. The predicted molar refractivity (Wildman–Crippen MR) is 86.2 cm³/mol. The SMILES string of the molecule is CN(CC1CCOC1)C(=O)c1cccnc1N1CCCCC1. The summed E-state index contributed by atoms with van der Waals surface area (Å²) in [6, 6.07) is 3.76. The van der Waals surface area contributed by atoms with E-state index in [4.69, 9.17) is 4.74 Å². The third-order valence-electron chi connectivity index (χ3n) is 4.58. The van der Waals surface area contributed by atoms with Crippen LogP contribution in [-0.4, -0.2) is 55.7 Å². The Bertz CT molecular complexity index is 508. The van der Waals surface area contributed by atoms with Crippen LogP contribution >= 0.6 is 0 Å². The van der Waals surface area contributed by atoms with Crippen molar-refractivity contribution in [1.82, 2.24) is 9.88 Å². The Labute approximate surface area is 132 Å². The van der Waals surface area contributed by atoms with E-state index in [0.29, 0.717) is 5.92 Å². The first-order valence-corrected chi connectivity index (χ1v) is 8.29. The molecule has 2 aliphatic rings. The van der Waals surface area contributed by atoms with Crippen LogP contribution in [0.5, 0.6) is 0 Å². The fourth-order valence-corrected chi connectivity index (χ4v) is 3.32. The van der Waals surface area contributed by atoms with Gasteiger partial charge in [-0.3, -0.25) is 4.79 Å². The molecule has 0 N–H and O–H groups in total. The highest BCUT2D eigenvalue weighted by Gasteiger charge is 2.24. The quantitative estimate of drug-likeness (QED) is 0.855. The highest BCUT2D eigenvalue weighted by Crippen LogP contribution is 2.23. The third-order valence-corrected chi connectivity index (χ3v) is 4.58. The molecule has 22 heavy (non-hydrogen) atoms. The number of carbonyl (C=O) groups is 1. The second-order valence-electron chi connectivity index (χ2n) is 6.34. The molecule has 3 rings (SSSR count). The largest absolute Gasteiger partial charge is 0.381 e. The van der Waals surface area contributed by atoms with Crippen LogP contribution in [0, 0.1) is 5.92 Å². The Balaban J connectivity index is 1.73. The number of rotatable bonds is 4. The highest BCUT2D eigenvalue weighted by molar-refractivity contribution is 5.98. The summed E-state index contributed by atoms with van der Waals surface area (Å²) in [5, 5.41) is 0. The summed E-state index contributed by atoms with van der Waals surface area (Å²) >= 11 is 0. The van der Waals surface area contributed by atoms with Crippen LogP contribution in [0.4, 0.5) is 5.82 Å². The van der Waals surface area contributed by atoms with Gasteiger partial charge < -0.3 is 14.5 Å². The monoisotopic (exact) mass is 303 g/mol.